The second-order valence-corrected chi connectivity index (χ2v) is 4.44. The Labute approximate surface area is 80.5 Å². The Morgan fingerprint density at radius 1 is 1.25 bits per heavy atom. The topological polar surface area (TPSA) is 0 Å². The third-order valence-corrected chi connectivity index (χ3v) is 4.08. The van der Waals surface area contributed by atoms with Gasteiger partial charge in [-0.1, -0.05) is 0 Å². The molecule has 0 radical (unpaired) electrons. The lowest BCUT2D eigenvalue weighted by Gasteiger charge is -2.02. The first-order valence-electron chi connectivity index (χ1n) is 3.16. The van der Waals surface area contributed by atoms with Crippen molar-refractivity contribution in [2.24, 2.45) is 0 Å². The number of thiophene rings is 1. The molecule has 0 bridgehead atoms. The van der Waals surface area contributed by atoms with Crippen molar-refractivity contribution in [1.29, 1.82) is 0 Å². The van der Waals surface area contributed by atoms with Crippen molar-refractivity contribution in [3.63, 3.8) is 0 Å². The quantitative estimate of drug-likeness (QED) is 0.656. The molecule has 1 aromatic rings. The summed E-state index contributed by atoms with van der Waals surface area (Å²) in [4.78, 5) is 0.159. The highest BCUT2D eigenvalue weighted by molar-refractivity contribution is 9.10. The predicted octanol–water partition coefficient (Wildman–Crippen LogP) is 4.15. The van der Waals surface area contributed by atoms with Crippen molar-refractivity contribution in [2.45, 2.75) is 20.0 Å². The van der Waals surface area contributed by atoms with Crippen LogP contribution >= 0.6 is 27.3 Å². The van der Waals surface area contributed by atoms with E-state index in [1.54, 1.807) is 13.8 Å². The van der Waals surface area contributed by atoms with Crippen molar-refractivity contribution in [1.82, 2.24) is 0 Å². The van der Waals surface area contributed by atoms with Crippen LogP contribution in [0.4, 0.5) is 13.2 Å². The first-order chi connectivity index (χ1) is 5.34. The van der Waals surface area contributed by atoms with Gasteiger partial charge in [-0.15, -0.1) is 11.3 Å². The Morgan fingerprint density at radius 2 is 1.75 bits per heavy atom. The Kier molecular flexibility index (Phi) is 2.54. The van der Waals surface area contributed by atoms with Gasteiger partial charge in [0.05, 0.1) is 0 Å². The number of rotatable bonds is 0. The Balaban J connectivity index is 3.28. The van der Waals surface area contributed by atoms with Gasteiger partial charge in [0.25, 0.3) is 0 Å². The van der Waals surface area contributed by atoms with Gasteiger partial charge >= 0.3 is 6.18 Å². The second kappa shape index (κ2) is 3.03. The molecule has 0 spiro atoms. The molecule has 0 saturated carbocycles. The summed E-state index contributed by atoms with van der Waals surface area (Å²) in [5.74, 6) is 0. The number of hydrogen-bond donors (Lipinski definition) is 0. The summed E-state index contributed by atoms with van der Waals surface area (Å²) in [5.41, 5.74) is 0.673. The maximum atomic E-state index is 12.2. The molecule has 1 aromatic heterocycles. The zero-order valence-electron chi connectivity index (χ0n) is 6.42. The van der Waals surface area contributed by atoms with Crippen LogP contribution in [0.25, 0.3) is 0 Å². The molecule has 0 unspecified atom stereocenters. The highest BCUT2D eigenvalue weighted by Crippen LogP contribution is 2.42. The number of aryl methyl sites for hydroxylation is 1. The smallest absolute Gasteiger partial charge is 0.165 e. The second-order valence-electron chi connectivity index (χ2n) is 2.42. The van der Waals surface area contributed by atoms with E-state index in [4.69, 9.17) is 0 Å². The molecule has 0 nitrogen and oxygen atoms in total. The van der Waals surface area contributed by atoms with Gasteiger partial charge in [0.15, 0.2) is 0 Å². The fourth-order valence-electron chi connectivity index (χ4n) is 0.782. The molecule has 1 rings (SSSR count). The fraction of sp³-hybridized carbons (Fsp3) is 0.429. The Morgan fingerprint density at radius 3 is 1.92 bits per heavy atom. The Bertz CT molecular complexity index is 300. The van der Waals surface area contributed by atoms with Gasteiger partial charge < -0.3 is 0 Å². The van der Waals surface area contributed by atoms with Gasteiger partial charge in [0, 0.05) is 9.35 Å². The van der Waals surface area contributed by atoms with Crippen LogP contribution < -0.4 is 0 Å². The normalized spacial score (nSPS) is 12.2. The molecule has 0 aliphatic carbocycles. The van der Waals surface area contributed by atoms with Crippen molar-refractivity contribution in [2.75, 3.05) is 0 Å². The summed E-state index contributed by atoms with van der Waals surface area (Å²) >= 11 is 3.70. The summed E-state index contributed by atoms with van der Waals surface area (Å²) in [5, 5.41) is 0. The average molecular weight is 259 g/mol. The van der Waals surface area contributed by atoms with Gasteiger partial charge in [0.2, 0.25) is 0 Å². The minimum absolute atomic E-state index is 0.178. The fourth-order valence-corrected chi connectivity index (χ4v) is 2.60. The van der Waals surface area contributed by atoms with Crippen LogP contribution in [0.15, 0.2) is 4.47 Å². The van der Waals surface area contributed by atoms with Gasteiger partial charge in [-0.25, -0.2) is 0 Å². The van der Waals surface area contributed by atoms with Crippen LogP contribution in [-0.4, -0.2) is 0 Å². The minimum atomic E-state index is -4.23. The highest BCUT2D eigenvalue weighted by Gasteiger charge is 2.36. The molecular formula is C7H6BrF3S. The van der Waals surface area contributed by atoms with Crippen molar-refractivity contribution in [3.05, 3.63) is 19.8 Å². The summed E-state index contributed by atoms with van der Waals surface area (Å²) in [6, 6.07) is 0. The van der Waals surface area contributed by atoms with E-state index in [1.807, 2.05) is 0 Å². The van der Waals surface area contributed by atoms with E-state index in [1.165, 1.54) is 0 Å². The van der Waals surface area contributed by atoms with E-state index in [0.717, 1.165) is 11.3 Å². The molecule has 0 aliphatic rings. The number of halogens is 4. The third-order valence-electron chi connectivity index (χ3n) is 1.57. The molecule has 0 N–H and O–H groups in total. The number of alkyl halides is 3. The van der Waals surface area contributed by atoms with Gasteiger partial charge in [-0.2, -0.15) is 13.2 Å². The summed E-state index contributed by atoms with van der Waals surface area (Å²) < 4.78 is 36.8. The predicted molar refractivity (Wildman–Crippen MR) is 46.5 cm³/mol. The standard InChI is InChI=1S/C7H6BrF3S/c1-3-4(2)12-6(5(3)8)7(9,10)11/h1-2H3. The largest absolute Gasteiger partial charge is 0.426 e. The van der Waals surface area contributed by atoms with Gasteiger partial charge in [0.1, 0.15) is 4.88 Å². The molecule has 0 fully saturated rings. The van der Waals surface area contributed by atoms with Gasteiger partial charge in [-0.3, -0.25) is 0 Å². The summed E-state index contributed by atoms with van der Waals surface area (Å²) in [6.07, 6.45) is -4.23. The molecule has 5 heteroatoms. The lowest BCUT2D eigenvalue weighted by Crippen LogP contribution is -2.02. The van der Waals surface area contributed by atoms with Gasteiger partial charge in [-0.05, 0) is 35.3 Å². The molecule has 0 aliphatic heterocycles. The monoisotopic (exact) mass is 258 g/mol. The third kappa shape index (κ3) is 1.66. The van der Waals surface area contributed by atoms with Crippen molar-refractivity contribution < 1.29 is 13.2 Å². The first-order valence-corrected chi connectivity index (χ1v) is 4.77. The number of hydrogen-bond acceptors (Lipinski definition) is 1. The first kappa shape index (κ1) is 10.1. The lowest BCUT2D eigenvalue weighted by atomic mass is 10.3. The molecule has 0 atom stereocenters. The molecule has 12 heavy (non-hydrogen) atoms. The molecule has 0 aromatic carbocycles. The van der Waals surface area contributed by atoms with Crippen LogP contribution in [0.5, 0.6) is 0 Å². The Hall–Kier alpha value is -0.0300. The molecule has 68 valence electrons. The van der Waals surface area contributed by atoms with E-state index >= 15 is 0 Å². The minimum Gasteiger partial charge on any atom is -0.165 e. The van der Waals surface area contributed by atoms with Crippen LogP contribution in [0.3, 0.4) is 0 Å². The molecule has 0 saturated heterocycles. The van der Waals surface area contributed by atoms with Crippen LogP contribution in [0.2, 0.25) is 0 Å². The summed E-state index contributed by atoms with van der Waals surface area (Å²) in [7, 11) is 0. The SMILES string of the molecule is Cc1sc(C(F)(F)F)c(Br)c1C. The maximum absolute atomic E-state index is 12.2. The zero-order chi connectivity index (χ0) is 9.52. The zero-order valence-corrected chi connectivity index (χ0v) is 8.82. The molecule has 1 heterocycles. The summed E-state index contributed by atoms with van der Waals surface area (Å²) in [6.45, 7) is 3.35. The maximum Gasteiger partial charge on any atom is 0.426 e. The van der Waals surface area contributed by atoms with E-state index in [-0.39, 0.29) is 4.47 Å². The van der Waals surface area contributed by atoms with Crippen molar-refractivity contribution in [3.8, 4) is 0 Å². The van der Waals surface area contributed by atoms with Crippen LogP contribution in [-0.2, 0) is 6.18 Å². The van der Waals surface area contributed by atoms with E-state index in [9.17, 15) is 13.2 Å². The average Bonchev–Trinajstić information content (AvgIpc) is 2.15. The molecular weight excluding hydrogens is 253 g/mol. The van der Waals surface area contributed by atoms with E-state index in [2.05, 4.69) is 15.9 Å². The van der Waals surface area contributed by atoms with E-state index in [0.29, 0.717) is 10.4 Å². The highest BCUT2D eigenvalue weighted by atomic mass is 79.9. The van der Waals surface area contributed by atoms with Crippen molar-refractivity contribution >= 4 is 27.3 Å². The van der Waals surface area contributed by atoms with Crippen LogP contribution in [0, 0.1) is 13.8 Å². The van der Waals surface area contributed by atoms with Crippen LogP contribution in [0.1, 0.15) is 15.3 Å². The van der Waals surface area contributed by atoms with E-state index < -0.39 is 11.1 Å². The molecule has 0 amide bonds. The lowest BCUT2D eigenvalue weighted by molar-refractivity contribution is -0.134.